The van der Waals surface area contributed by atoms with Crippen LogP contribution in [0.5, 0.6) is 0 Å². The third-order valence-electron chi connectivity index (χ3n) is 30.6. The van der Waals surface area contributed by atoms with Crippen molar-refractivity contribution in [3.8, 4) is 89.0 Å². The van der Waals surface area contributed by atoms with Gasteiger partial charge in [-0.25, -0.2) is 0 Å². The Balaban J connectivity index is 0.639. The fraction of sp³-hybridized carbons (Fsp3) is 0.169. The van der Waals surface area contributed by atoms with Gasteiger partial charge in [-0.2, -0.15) is 0 Å². The number of hydrogen-bond donors (Lipinski definition) is 2. The van der Waals surface area contributed by atoms with Gasteiger partial charge in [-0.3, -0.25) is 20.2 Å². The van der Waals surface area contributed by atoms with Gasteiger partial charge in [0.15, 0.2) is 0 Å². The van der Waals surface area contributed by atoms with E-state index in [1.54, 1.807) is 0 Å². The second kappa shape index (κ2) is 27.4. The Labute approximate surface area is 723 Å². The molecule has 6 heteroatoms. The van der Waals surface area contributed by atoms with Crippen molar-refractivity contribution in [3.05, 3.63) is 473 Å². The van der Waals surface area contributed by atoms with Crippen LogP contribution in [0.25, 0.3) is 89.0 Å². The van der Waals surface area contributed by atoms with Crippen LogP contribution in [-0.2, 0) is 92.6 Å². The SMILES string of the molecule is O=C(CCC(=O)OC1CC(c2cccc3c2Cc2ccccc2-3)(c2cccc3c2Cc2ccccc2-3)NC(c2cccc3c2Cc2ccccc2-3)(c2cccc3c2Cc2ccccc2-3)C1)OC1CC(c2cccc3c2Cc2ccccc2-3)(c2cccc3c2Cc2ccccc2-3)NC(c2cccc3c2Cc2ccccc2-3)(c2cccc3c2Cc2ccccc2-3)C1. The lowest BCUT2D eigenvalue weighted by Gasteiger charge is -2.55. The van der Waals surface area contributed by atoms with Crippen LogP contribution in [0.3, 0.4) is 0 Å². The molecule has 16 aromatic rings. The van der Waals surface area contributed by atoms with E-state index in [9.17, 15) is 0 Å². The molecule has 2 fully saturated rings. The first-order valence-corrected chi connectivity index (χ1v) is 44.8. The quantitative estimate of drug-likeness (QED) is 0.112. The second-order valence-electron chi connectivity index (χ2n) is 36.7. The summed E-state index contributed by atoms with van der Waals surface area (Å²) in [6, 6.07) is 128. The Morgan fingerprint density at radius 2 is 0.347 bits per heavy atom. The van der Waals surface area contributed by atoms with E-state index in [1.165, 1.54) is 223 Å². The summed E-state index contributed by atoms with van der Waals surface area (Å²) in [5, 5.41) is 9.87. The maximum absolute atomic E-state index is 16.5. The number of carbonyl (C=O) groups excluding carboxylic acids is 2. The molecule has 0 saturated carbocycles. The van der Waals surface area contributed by atoms with Gasteiger partial charge in [0.25, 0.3) is 0 Å². The molecule has 16 aromatic carbocycles. The minimum absolute atomic E-state index is 0.188. The van der Waals surface area contributed by atoms with Gasteiger partial charge < -0.3 is 9.47 Å². The van der Waals surface area contributed by atoms with Crippen LogP contribution in [0.15, 0.2) is 340 Å². The Morgan fingerprint density at radius 1 is 0.202 bits per heavy atom. The molecule has 6 nitrogen and oxygen atoms in total. The maximum atomic E-state index is 16.5. The Bertz CT molecular complexity index is 6080. The van der Waals surface area contributed by atoms with E-state index in [2.05, 4.69) is 340 Å². The molecule has 8 aliphatic carbocycles. The highest BCUT2D eigenvalue weighted by Crippen LogP contribution is 2.62. The lowest BCUT2D eigenvalue weighted by atomic mass is 9.63. The molecular formula is C118H88N2O4. The molecule has 0 amide bonds. The van der Waals surface area contributed by atoms with Crippen molar-refractivity contribution < 1.29 is 19.1 Å². The first-order valence-electron chi connectivity index (χ1n) is 44.8. The van der Waals surface area contributed by atoms with Crippen molar-refractivity contribution in [3.63, 3.8) is 0 Å². The molecule has 0 bridgehead atoms. The van der Waals surface area contributed by atoms with Crippen molar-refractivity contribution in [1.82, 2.24) is 10.6 Å². The summed E-state index contributed by atoms with van der Waals surface area (Å²) >= 11 is 0. The number of rotatable bonds is 13. The normalized spacial score (nSPS) is 16.7. The first kappa shape index (κ1) is 72.1. The number of ether oxygens (including phenoxy) is 2. The molecule has 2 N–H and O–H groups in total. The van der Waals surface area contributed by atoms with Crippen molar-refractivity contribution in [1.29, 1.82) is 0 Å². The van der Waals surface area contributed by atoms with Crippen LogP contribution >= 0.6 is 0 Å². The summed E-state index contributed by atoms with van der Waals surface area (Å²) in [6.45, 7) is 0. The predicted octanol–water partition coefficient (Wildman–Crippen LogP) is 24.7. The summed E-state index contributed by atoms with van der Waals surface area (Å²) in [5.74, 6) is -0.850. The van der Waals surface area contributed by atoms with Crippen LogP contribution in [0, 0.1) is 0 Å². The summed E-state index contributed by atoms with van der Waals surface area (Å²) in [7, 11) is 0. The van der Waals surface area contributed by atoms with E-state index in [0.717, 1.165) is 51.4 Å². The number of benzene rings is 16. The zero-order valence-corrected chi connectivity index (χ0v) is 69.0. The Kier molecular flexibility index (Phi) is 15.9. The minimum Gasteiger partial charge on any atom is -0.462 e. The van der Waals surface area contributed by atoms with Gasteiger partial charge in [0.2, 0.25) is 0 Å². The van der Waals surface area contributed by atoms with Gasteiger partial charge in [0, 0.05) is 25.7 Å². The minimum atomic E-state index is -1.01. The number of fused-ring (bicyclic) bond motifs is 24. The van der Waals surface area contributed by atoms with Gasteiger partial charge in [0.05, 0.1) is 35.0 Å². The largest absolute Gasteiger partial charge is 0.462 e. The van der Waals surface area contributed by atoms with Crippen molar-refractivity contribution in [2.75, 3.05) is 0 Å². The number of hydrogen-bond acceptors (Lipinski definition) is 6. The van der Waals surface area contributed by atoms with Crippen molar-refractivity contribution >= 4 is 11.9 Å². The molecule has 10 aliphatic rings. The molecule has 0 unspecified atom stereocenters. The molecule has 0 spiro atoms. The van der Waals surface area contributed by atoms with Gasteiger partial charge in [-0.1, -0.05) is 340 Å². The molecule has 0 aromatic heterocycles. The standard InChI is InChI=1S/C118H88N2O4/c121-113(123-79-67-115(105-49-17-41-89-81-33-9-1-25-71(81)59-97(89)105,106-50-18-42-90-82-34-10-2-26-72(82)60-98(90)106)119-116(68-79,107-51-19-43-91-83-35-11-3-27-73(83)61-99(91)107)108-52-20-44-92-84-36-12-4-28-74(84)62-100(92)108)57-58-114(122)124-80-69-117(109-53-21-45-93-85-37-13-5-29-75(85)63-101(93)109,110-54-22-46-94-86-38-14-6-30-76(86)64-102(94)110)120-118(70-80,111-55-23-47-95-87-39-15-7-31-77(87)65-103(95)111)112-56-24-48-96-88-40-16-8-32-78(88)66-104(96)112/h1-56,79-80,119-120H,57-70H2. The van der Waals surface area contributed by atoms with E-state index in [4.69, 9.17) is 20.1 Å². The molecule has 2 saturated heterocycles. The third kappa shape index (κ3) is 10.6. The summed E-state index contributed by atoms with van der Waals surface area (Å²) in [4.78, 5) is 33.0. The van der Waals surface area contributed by atoms with Gasteiger partial charge in [0.1, 0.15) is 12.2 Å². The first-order chi connectivity index (χ1) is 61.1. The molecular weight excluding hydrogens is 1510 g/mol. The van der Waals surface area contributed by atoms with E-state index < -0.39 is 46.3 Å². The Hall–Kier alpha value is -13.6. The fourth-order valence-electron chi connectivity index (χ4n) is 25.8. The molecule has 2 aliphatic heterocycles. The van der Waals surface area contributed by atoms with Crippen molar-refractivity contribution in [2.45, 2.75) is 124 Å². The fourth-order valence-corrected chi connectivity index (χ4v) is 25.8. The van der Waals surface area contributed by atoms with E-state index in [-0.39, 0.29) is 12.8 Å². The number of piperidine rings is 2. The monoisotopic (exact) mass is 1600 g/mol. The second-order valence-corrected chi connectivity index (χ2v) is 36.7. The molecule has 594 valence electrons. The maximum Gasteiger partial charge on any atom is 0.306 e. The summed E-state index contributed by atoms with van der Waals surface area (Å²) in [6.07, 6.45) is 5.87. The average molecular weight is 1600 g/mol. The molecule has 0 atom stereocenters. The highest BCUT2D eigenvalue weighted by atomic mass is 16.6. The van der Waals surface area contributed by atoms with E-state index >= 15 is 9.59 Å². The van der Waals surface area contributed by atoms with Gasteiger partial charge in [-0.15, -0.1) is 0 Å². The molecule has 2 heterocycles. The summed E-state index contributed by atoms with van der Waals surface area (Å²) in [5.41, 5.74) is 46.0. The number of nitrogens with one attached hydrogen (secondary N) is 2. The van der Waals surface area contributed by atoms with Gasteiger partial charge >= 0.3 is 11.9 Å². The summed E-state index contributed by atoms with van der Waals surface area (Å²) < 4.78 is 15.3. The van der Waals surface area contributed by atoms with Gasteiger partial charge in [-0.05, 0) is 274 Å². The van der Waals surface area contributed by atoms with Crippen LogP contribution in [-0.4, -0.2) is 24.1 Å². The molecule has 26 rings (SSSR count). The van der Waals surface area contributed by atoms with Crippen LogP contribution < -0.4 is 10.6 Å². The third-order valence-corrected chi connectivity index (χ3v) is 30.6. The molecule has 124 heavy (non-hydrogen) atoms. The number of carbonyl (C=O) groups is 2. The topological polar surface area (TPSA) is 76.7 Å². The van der Waals surface area contributed by atoms with E-state index in [1.807, 2.05) is 0 Å². The van der Waals surface area contributed by atoms with Crippen molar-refractivity contribution in [2.24, 2.45) is 0 Å². The molecule has 0 radical (unpaired) electrons. The number of esters is 2. The highest BCUT2D eigenvalue weighted by molar-refractivity contribution is 5.89. The van der Waals surface area contributed by atoms with Crippen LogP contribution in [0.1, 0.15) is 172 Å². The smallest absolute Gasteiger partial charge is 0.306 e. The lowest BCUT2D eigenvalue weighted by molar-refractivity contribution is -0.160. The highest BCUT2D eigenvalue weighted by Gasteiger charge is 2.59. The lowest BCUT2D eigenvalue weighted by Crippen LogP contribution is -2.63. The van der Waals surface area contributed by atoms with Crippen LogP contribution in [0.2, 0.25) is 0 Å². The average Bonchev–Trinajstić information content (AvgIpc) is 1.27. The zero-order chi connectivity index (χ0) is 81.7. The van der Waals surface area contributed by atoms with E-state index in [0.29, 0.717) is 25.7 Å². The zero-order valence-electron chi connectivity index (χ0n) is 69.0. The predicted molar refractivity (Wildman–Crippen MR) is 494 cm³/mol. The van der Waals surface area contributed by atoms with Crippen LogP contribution in [0.4, 0.5) is 0 Å². The Morgan fingerprint density at radius 3 is 0.508 bits per heavy atom.